The summed E-state index contributed by atoms with van der Waals surface area (Å²) >= 11 is 0. The number of anilines is 1. The van der Waals surface area contributed by atoms with Crippen LogP contribution in [-0.4, -0.2) is 14.9 Å². The summed E-state index contributed by atoms with van der Waals surface area (Å²) in [7, 11) is 0. The summed E-state index contributed by atoms with van der Waals surface area (Å²) < 4.78 is 1.83. The van der Waals surface area contributed by atoms with E-state index in [0.717, 1.165) is 24.1 Å². The molecule has 1 aromatic heterocycles. The Kier molecular flexibility index (Phi) is 3.44. The zero-order valence-corrected chi connectivity index (χ0v) is 9.87. The third kappa shape index (κ3) is 2.47. The second kappa shape index (κ2) is 5.01. The normalized spacial score (nSPS) is 12.6. The molecular weight excluding hydrogens is 214 g/mol. The van der Waals surface area contributed by atoms with Crippen molar-refractivity contribution in [1.82, 2.24) is 9.78 Å². The lowest BCUT2D eigenvalue weighted by Gasteiger charge is -2.11. The van der Waals surface area contributed by atoms with E-state index in [4.69, 9.17) is 5.73 Å². The summed E-state index contributed by atoms with van der Waals surface area (Å²) in [5.74, 6) is 0. The van der Waals surface area contributed by atoms with Gasteiger partial charge < -0.3 is 10.8 Å². The maximum Gasteiger partial charge on any atom is 0.109 e. The highest BCUT2D eigenvalue weighted by molar-refractivity contribution is 5.49. The molecule has 2 rings (SSSR count). The van der Waals surface area contributed by atoms with Crippen LogP contribution in [0.5, 0.6) is 0 Å². The van der Waals surface area contributed by atoms with Crippen molar-refractivity contribution in [1.29, 1.82) is 0 Å². The maximum absolute atomic E-state index is 10.2. The minimum atomic E-state index is -0.707. The predicted molar refractivity (Wildman–Crippen MR) is 67.4 cm³/mol. The van der Waals surface area contributed by atoms with Gasteiger partial charge in [0, 0.05) is 29.6 Å². The van der Waals surface area contributed by atoms with Gasteiger partial charge in [-0.05, 0) is 12.5 Å². The summed E-state index contributed by atoms with van der Waals surface area (Å²) in [5, 5.41) is 14.4. The van der Waals surface area contributed by atoms with Gasteiger partial charge >= 0.3 is 0 Å². The molecular formula is C13H17N3O. The van der Waals surface area contributed by atoms with E-state index in [0.29, 0.717) is 5.69 Å². The van der Waals surface area contributed by atoms with Crippen molar-refractivity contribution in [2.75, 3.05) is 5.73 Å². The lowest BCUT2D eigenvalue weighted by Crippen LogP contribution is -2.03. The van der Waals surface area contributed by atoms with Crippen molar-refractivity contribution in [3.05, 3.63) is 47.8 Å². The van der Waals surface area contributed by atoms with Gasteiger partial charge in [-0.25, -0.2) is 0 Å². The van der Waals surface area contributed by atoms with E-state index in [1.165, 1.54) is 0 Å². The number of aryl methyl sites for hydroxylation is 1. The molecule has 3 N–H and O–H groups in total. The van der Waals surface area contributed by atoms with Gasteiger partial charge in [0.2, 0.25) is 0 Å². The molecule has 2 aromatic rings. The van der Waals surface area contributed by atoms with Crippen molar-refractivity contribution in [3.8, 4) is 0 Å². The van der Waals surface area contributed by atoms with Gasteiger partial charge in [0.1, 0.15) is 6.10 Å². The number of rotatable bonds is 4. The van der Waals surface area contributed by atoms with Gasteiger partial charge in [-0.3, -0.25) is 4.68 Å². The number of nitrogens with two attached hydrogens (primary N) is 1. The van der Waals surface area contributed by atoms with E-state index in [-0.39, 0.29) is 0 Å². The summed E-state index contributed by atoms with van der Waals surface area (Å²) in [6.45, 7) is 2.95. The molecule has 90 valence electrons. The molecule has 0 aliphatic rings. The van der Waals surface area contributed by atoms with Crippen LogP contribution in [0.15, 0.2) is 36.7 Å². The van der Waals surface area contributed by atoms with Gasteiger partial charge in [-0.15, -0.1) is 0 Å². The summed E-state index contributed by atoms with van der Waals surface area (Å²) in [6.07, 6.45) is 3.86. The van der Waals surface area contributed by atoms with E-state index in [1.807, 2.05) is 29.1 Å². The second-order valence-electron chi connectivity index (χ2n) is 4.07. The average Bonchev–Trinajstić information content (AvgIpc) is 2.78. The molecule has 0 saturated carbocycles. The van der Waals surface area contributed by atoms with Crippen LogP contribution in [0.3, 0.4) is 0 Å². The van der Waals surface area contributed by atoms with Gasteiger partial charge in [-0.2, -0.15) is 5.10 Å². The van der Waals surface area contributed by atoms with Crippen molar-refractivity contribution >= 4 is 5.69 Å². The van der Waals surface area contributed by atoms with E-state index in [1.54, 1.807) is 12.3 Å². The Morgan fingerprint density at radius 2 is 2.18 bits per heavy atom. The molecule has 0 spiro atoms. The lowest BCUT2D eigenvalue weighted by molar-refractivity contribution is 0.221. The fraction of sp³-hybridized carbons (Fsp3) is 0.308. The first-order valence-corrected chi connectivity index (χ1v) is 5.77. The zero-order valence-electron chi connectivity index (χ0n) is 9.87. The van der Waals surface area contributed by atoms with Gasteiger partial charge in [0.15, 0.2) is 0 Å². The van der Waals surface area contributed by atoms with Crippen molar-refractivity contribution < 1.29 is 5.11 Å². The largest absolute Gasteiger partial charge is 0.398 e. The van der Waals surface area contributed by atoms with Gasteiger partial charge in [0.25, 0.3) is 0 Å². The van der Waals surface area contributed by atoms with Crippen molar-refractivity contribution in [2.45, 2.75) is 26.0 Å². The van der Waals surface area contributed by atoms with Crippen molar-refractivity contribution in [2.24, 2.45) is 0 Å². The molecule has 0 amide bonds. The molecule has 0 saturated heterocycles. The smallest absolute Gasteiger partial charge is 0.109 e. The summed E-state index contributed by atoms with van der Waals surface area (Å²) in [4.78, 5) is 0. The second-order valence-corrected chi connectivity index (χ2v) is 4.07. The number of para-hydroxylation sites is 1. The van der Waals surface area contributed by atoms with Crippen LogP contribution < -0.4 is 5.73 Å². The minimum absolute atomic E-state index is 0.600. The Bertz CT molecular complexity index is 493. The SMILES string of the molecule is CCCn1cc(C(O)c2ccccc2N)cn1. The van der Waals surface area contributed by atoms with Crippen LogP contribution in [0.4, 0.5) is 5.69 Å². The number of nitrogens with zero attached hydrogens (tertiary/aromatic N) is 2. The number of aromatic nitrogens is 2. The van der Waals surface area contributed by atoms with Crippen LogP contribution in [0.25, 0.3) is 0 Å². The predicted octanol–water partition coefficient (Wildman–Crippen LogP) is 1.96. The van der Waals surface area contributed by atoms with Crippen LogP contribution in [-0.2, 0) is 6.54 Å². The maximum atomic E-state index is 10.2. The first kappa shape index (κ1) is 11.7. The number of hydrogen-bond acceptors (Lipinski definition) is 3. The zero-order chi connectivity index (χ0) is 12.3. The molecule has 0 aliphatic carbocycles. The quantitative estimate of drug-likeness (QED) is 0.790. The Labute approximate surface area is 101 Å². The van der Waals surface area contributed by atoms with Gasteiger partial charge in [-0.1, -0.05) is 25.1 Å². The number of benzene rings is 1. The Morgan fingerprint density at radius 3 is 2.88 bits per heavy atom. The number of aliphatic hydroxyl groups excluding tert-OH is 1. The highest BCUT2D eigenvalue weighted by atomic mass is 16.3. The molecule has 1 heterocycles. The third-order valence-electron chi connectivity index (χ3n) is 2.71. The number of nitrogen functional groups attached to an aromatic ring is 1. The third-order valence-corrected chi connectivity index (χ3v) is 2.71. The molecule has 0 fully saturated rings. The van der Waals surface area contributed by atoms with E-state index < -0.39 is 6.10 Å². The number of aliphatic hydroxyl groups is 1. The first-order chi connectivity index (χ1) is 8.22. The van der Waals surface area contributed by atoms with Gasteiger partial charge in [0.05, 0.1) is 6.20 Å². The lowest BCUT2D eigenvalue weighted by atomic mass is 10.0. The topological polar surface area (TPSA) is 64.1 Å². The van der Waals surface area contributed by atoms with E-state index in [2.05, 4.69) is 12.0 Å². The van der Waals surface area contributed by atoms with Crippen LogP contribution >= 0.6 is 0 Å². The first-order valence-electron chi connectivity index (χ1n) is 5.77. The molecule has 1 aromatic carbocycles. The fourth-order valence-electron chi connectivity index (χ4n) is 1.81. The van der Waals surface area contributed by atoms with Crippen LogP contribution in [0.1, 0.15) is 30.6 Å². The molecule has 1 unspecified atom stereocenters. The molecule has 0 aliphatic heterocycles. The van der Waals surface area contributed by atoms with Crippen molar-refractivity contribution in [3.63, 3.8) is 0 Å². The van der Waals surface area contributed by atoms with Crippen LogP contribution in [0.2, 0.25) is 0 Å². The summed E-state index contributed by atoms with van der Waals surface area (Å²) in [6, 6.07) is 7.34. The van der Waals surface area contributed by atoms with E-state index in [9.17, 15) is 5.11 Å². The van der Waals surface area contributed by atoms with Crippen LogP contribution in [0, 0.1) is 0 Å². The molecule has 1 atom stereocenters. The Balaban J connectivity index is 2.24. The monoisotopic (exact) mass is 231 g/mol. The average molecular weight is 231 g/mol. The Hall–Kier alpha value is -1.81. The number of hydrogen-bond donors (Lipinski definition) is 2. The molecule has 4 heteroatoms. The molecule has 0 radical (unpaired) electrons. The summed E-state index contributed by atoms with van der Waals surface area (Å²) in [5.41, 5.74) is 7.94. The highest BCUT2D eigenvalue weighted by Crippen LogP contribution is 2.25. The van der Waals surface area contributed by atoms with E-state index >= 15 is 0 Å². The Morgan fingerprint density at radius 1 is 1.41 bits per heavy atom. The standard InChI is InChI=1S/C13H17N3O/c1-2-7-16-9-10(8-15-16)13(17)11-5-3-4-6-12(11)14/h3-6,8-9,13,17H,2,7,14H2,1H3. The highest BCUT2D eigenvalue weighted by Gasteiger charge is 2.14. The molecule has 4 nitrogen and oxygen atoms in total. The fourth-order valence-corrected chi connectivity index (χ4v) is 1.81. The minimum Gasteiger partial charge on any atom is -0.398 e. The molecule has 17 heavy (non-hydrogen) atoms. The molecule has 0 bridgehead atoms.